The molecule has 0 unspecified atom stereocenters. The van der Waals surface area contributed by atoms with E-state index in [0.717, 1.165) is 31.9 Å². The van der Waals surface area contributed by atoms with Gasteiger partial charge in [-0.3, -0.25) is 9.89 Å². The summed E-state index contributed by atoms with van der Waals surface area (Å²) in [5.74, 6) is -0.341. The summed E-state index contributed by atoms with van der Waals surface area (Å²) in [6, 6.07) is 1.48. The molecule has 0 amide bonds. The lowest BCUT2D eigenvalue weighted by atomic mass is 9.61. The molecule has 6 rings (SSSR count). The first-order chi connectivity index (χ1) is 14.5. The van der Waals surface area contributed by atoms with Crippen molar-refractivity contribution < 1.29 is 13.9 Å². The molecule has 156 valence electrons. The Bertz CT molecular complexity index is 1110. The number of nitrogens with one attached hydrogen (secondary N) is 2. The van der Waals surface area contributed by atoms with Crippen molar-refractivity contribution in [2.24, 2.45) is 17.8 Å². The Labute approximate surface area is 176 Å². The third kappa shape index (κ3) is 3.17. The zero-order chi connectivity index (χ0) is 20.8. The monoisotopic (exact) mass is 430 g/mol. The van der Waals surface area contributed by atoms with Crippen LogP contribution in [0.25, 0.3) is 22.6 Å². The van der Waals surface area contributed by atoms with E-state index in [1.54, 1.807) is 6.07 Å². The number of anilines is 1. The highest BCUT2D eigenvalue weighted by molar-refractivity contribution is 6.31. The summed E-state index contributed by atoms with van der Waals surface area (Å²) in [5, 5.41) is 11.3. The van der Waals surface area contributed by atoms with Gasteiger partial charge in [-0.05, 0) is 43.6 Å². The van der Waals surface area contributed by atoms with E-state index in [1.165, 1.54) is 13.3 Å². The van der Waals surface area contributed by atoms with Gasteiger partial charge < -0.3 is 10.1 Å². The first-order valence-corrected chi connectivity index (χ1v) is 10.3. The van der Waals surface area contributed by atoms with Crippen molar-refractivity contribution in [1.29, 1.82) is 0 Å². The Morgan fingerprint density at radius 2 is 2.00 bits per heavy atom. The van der Waals surface area contributed by atoms with Crippen molar-refractivity contribution in [1.82, 2.24) is 25.1 Å². The highest BCUT2D eigenvalue weighted by Gasteiger charge is 2.48. The van der Waals surface area contributed by atoms with E-state index in [1.807, 2.05) is 0 Å². The number of methoxy groups -OCH3 is 1. The molecule has 8 nitrogen and oxygen atoms in total. The number of carbonyl (C=O) groups excluding carboxylic acids is 1. The van der Waals surface area contributed by atoms with Crippen LogP contribution >= 0.6 is 11.6 Å². The van der Waals surface area contributed by atoms with Crippen LogP contribution in [-0.2, 0) is 9.53 Å². The van der Waals surface area contributed by atoms with E-state index in [4.69, 9.17) is 16.3 Å². The summed E-state index contributed by atoms with van der Waals surface area (Å²) in [5.41, 5.74) is 0.963. The maximum Gasteiger partial charge on any atom is 0.311 e. The van der Waals surface area contributed by atoms with Crippen LogP contribution < -0.4 is 5.32 Å². The molecule has 3 aliphatic rings. The van der Waals surface area contributed by atoms with Crippen LogP contribution in [0.4, 0.5) is 10.2 Å². The molecule has 3 aliphatic carbocycles. The van der Waals surface area contributed by atoms with Crippen molar-refractivity contribution in [3.8, 4) is 11.5 Å². The van der Waals surface area contributed by atoms with Crippen molar-refractivity contribution in [2.75, 3.05) is 12.4 Å². The Balaban J connectivity index is 1.50. The SMILES string of the molecule is COC(=O)[C@@H]1C2CCC(CC2)[C@H]1Nc1nc(-c2n[nH]c3ncc(Cl)cc23)ncc1F. The topological polar surface area (TPSA) is 106 Å². The predicted molar refractivity (Wildman–Crippen MR) is 108 cm³/mol. The predicted octanol–water partition coefficient (Wildman–Crippen LogP) is 3.60. The average molecular weight is 431 g/mol. The lowest BCUT2D eigenvalue weighted by Crippen LogP contribution is -2.52. The number of esters is 1. The molecule has 3 heterocycles. The smallest absolute Gasteiger partial charge is 0.311 e. The fraction of sp³-hybridized carbons (Fsp3) is 0.450. The van der Waals surface area contributed by atoms with Crippen LogP contribution in [0, 0.1) is 23.6 Å². The standard InChI is InChI=1S/C20H20ClFN6O2/c1-30-20(29)14-9-2-4-10(5-3-9)15(14)25-18-13(22)8-24-19(26-18)16-12-6-11(21)7-23-17(12)28-27-16/h6-10,14-15H,2-5H2,1H3,(H,23,27,28)(H,24,25,26)/t9?,10?,14-,15-/m1/s1. The van der Waals surface area contributed by atoms with Gasteiger partial charge >= 0.3 is 5.97 Å². The van der Waals surface area contributed by atoms with Gasteiger partial charge in [0.1, 0.15) is 5.69 Å². The summed E-state index contributed by atoms with van der Waals surface area (Å²) < 4.78 is 19.7. The Morgan fingerprint density at radius 3 is 2.77 bits per heavy atom. The summed E-state index contributed by atoms with van der Waals surface area (Å²) in [6.07, 6.45) is 6.61. The summed E-state index contributed by atoms with van der Waals surface area (Å²) in [6.45, 7) is 0. The molecule has 30 heavy (non-hydrogen) atoms. The fourth-order valence-electron chi connectivity index (χ4n) is 4.92. The largest absolute Gasteiger partial charge is 0.469 e. The second kappa shape index (κ2) is 7.46. The van der Waals surface area contributed by atoms with Gasteiger partial charge in [0, 0.05) is 12.2 Å². The first kappa shape index (κ1) is 19.2. The molecule has 3 aromatic rings. The van der Waals surface area contributed by atoms with Gasteiger partial charge in [0.2, 0.25) is 0 Å². The molecule has 10 heteroatoms. The summed E-state index contributed by atoms with van der Waals surface area (Å²) in [7, 11) is 1.40. The highest BCUT2D eigenvalue weighted by Crippen LogP contribution is 2.46. The van der Waals surface area contributed by atoms with Crippen molar-refractivity contribution in [3.05, 3.63) is 29.3 Å². The molecule has 0 spiro atoms. The number of pyridine rings is 1. The average Bonchev–Trinajstić information content (AvgIpc) is 3.18. The molecule has 0 radical (unpaired) electrons. The minimum atomic E-state index is -0.584. The number of carbonyl (C=O) groups is 1. The second-order valence-corrected chi connectivity index (χ2v) is 8.34. The maximum atomic E-state index is 14.6. The zero-order valence-corrected chi connectivity index (χ0v) is 17.0. The van der Waals surface area contributed by atoms with Crippen LogP contribution in [0.5, 0.6) is 0 Å². The molecular formula is C20H20ClFN6O2. The van der Waals surface area contributed by atoms with Gasteiger partial charge in [-0.2, -0.15) is 5.10 Å². The van der Waals surface area contributed by atoms with Gasteiger partial charge in [-0.1, -0.05) is 11.6 Å². The molecule has 2 bridgehead atoms. The minimum absolute atomic E-state index is 0.0533. The quantitative estimate of drug-likeness (QED) is 0.609. The van der Waals surface area contributed by atoms with Gasteiger partial charge in [0.25, 0.3) is 0 Å². The lowest BCUT2D eigenvalue weighted by Gasteiger charge is -2.47. The number of ether oxygens (including phenoxy) is 1. The highest BCUT2D eigenvalue weighted by atomic mass is 35.5. The molecule has 2 N–H and O–H groups in total. The van der Waals surface area contributed by atoms with Crippen LogP contribution in [0.2, 0.25) is 5.02 Å². The fourth-order valence-corrected chi connectivity index (χ4v) is 5.08. The van der Waals surface area contributed by atoms with Crippen LogP contribution in [-0.4, -0.2) is 44.3 Å². The summed E-state index contributed by atoms with van der Waals surface area (Å²) in [4.78, 5) is 25.1. The van der Waals surface area contributed by atoms with Crippen molar-refractivity contribution in [2.45, 2.75) is 31.7 Å². The normalized spacial score (nSPS) is 25.4. The minimum Gasteiger partial charge on any atom is -0.469 e. The van der Waals surface area contributed by atoms with Crippen LogP contribution in [0.15, 0.2) is 18.5 Å². The van der Waals surface area contributed by atoms with Crippen LogP contribution in [0.1, 0.15) is 25.7 Å². The van der Waals surface area contributed by atoms with Crippen LogP contribution in [0.3, 0.4) is 0 Å². The molecule has 2 atom stereocenters. The number of H-pyrrole nitrogens is 1. The third-order valence-corrected chi connectivity index (χ3v) is 6.54. The molecular weight excluding hydrogens is 411 g/mol. The first-order valence-electron chi connectivity index (χ1n) is 9.92. The zero-order valence-electron chi connectivity index (χ0n) is 16.2. The Hall–Kier alpha value is -2.81. The third-order valence-electron chi connectivity index (χ3n) is 6.33. The van der Waals surface area contributed by atoms with E-state index in [2.05, 4.69) is 30.5 Å². The Morgan fingerprint density at radius 1 is 1.23 bits per heavy atom. The van der Waals surface area contributed by atoms with E-state index in [-0.39, 0.29) is 41.4 Å². The number of hydrogen-bond donors (Lipinski definition) is 2. The number of fused-ring (bicyclic) bond motifs is 4. The number of halogens is 2. The number of rotatable bonds is 4. The molecule has 0 aliphatic heterocycles. The van der Waals surface area contributed by atoms with E-state index in [9.17, 15) is 9.18 Å². The molecule has 3 saturated carbocycles. The second-order valence-electron chi connectivity index (χ2n) is 7.91. The van der Waals surface area contributed by atoms with Gasteiger partial charge in [0.05, 0.1) is 29.6 Å². The number of aromatic nitrogens is 5. The van der Waals surface area contributed by atoms with Crippen molar-refractivity contribution >= 4 is 34.4 Å². The van der Waals surface area contributed by atoms with Gasteiger partial charge in [-0.15, -0.1) is 0 Å². The molecule has 0 aromatic carbocycles. The van der Waals surface area contributed by atoms with Crippen molar-refractivity contribution in [3.63, 3.8) is 0 Å². The summed E-state index contributed by atoms with van der Waals surface area (Å²) >= 11 is 6.05. The number of nitrogens with zero attached hydrogens (tertiary/aromatic N) is 4. The van der Waals surface area contributed by atoms with Gasteiger partial charge in [0.15, 0.2) is 23.1 Å². The molecule has 3 aromatic heterocycles. The number of hydrogen-bond acceptors (Lipinski definition) is 7. The molecule has 3 fully saturated rings. The molecule has 0 saturated heterocycles. The maximum absolute atomic E-state index is 14.6. The van der Waals surface area contributed by atoms with E-state index < -0.39 is 5.82 Å². The lowest BCUT2D eigenvalue weighted by molar-refractivity contribution is -0.152. The van der Waals surface area contributed by atoms with E-state index in [0.29, 0.717) is 21.7 Å². The van der Waals surface area contributed by atoms with E-state index >= 15 is 0 Å². The number of aromatic amines is 1. The van der Waals surface area contributed by atoms with Gasteiger partial charge in [-0.25, -0.2) is 19.3 Å². The Kier molecular flexibility index (Phi) is 4.77.